The number of benzene rings is 4. The van der Waals surface area contributed by atoms with Crippen molar-refractivity contribution < 1.29 is 0 Å². The van der Waals surface area contributed by atoms with Crippen molar-refractivity contribution in [2.24, 2.45) is 11.8 Å². The summed E-state index contributed by atoms with van der Waals surface area (Å²) in [5.41, 5.74) is 1.58. The van der Waals surface area contributed by atoms with Crippen LogP contribution in [0.2, 0.25) is 0 Å². The summed E-state index contributed by atoms with van der Waals surface area (Å²) in [6.07, 6.45) is 8.39. The van der Waals surface area contributed by atoms with Crippen LogP contribution in [0, 0.1) is 11.8 Å². The molecule has 0 spiro atoms. The Labute approximate surface area is 219 Å². The molecule has 4 aromatic rings. The van der Waals surface area contributed by atoms with Crippen LogP contribution in [0.3, 0.4) is 0 Å². The minimum absolute atomic E-state index is 0.347. The molecule has 0 aliphatic heterocycles. The van der Waals surface area contributed by atoms with E-state index in [1.807, 2.05) is 0 Å². The van der Waals surface area contributed by atoms with Crippen LogP contribution in [0.1, 0.15) is 38.5 Å². The minimum Gasteiger partial charge on any atom is -0.0622 e. The fraction of sp³-hybridized carbons (Fsp3) is 0.294. The van der Waals surface area contributed by atoms with Gasteiger partial charge in [-0.3, -0.25) is 0 Å². The van der Waals surface area contributed by atoms with Crippen LogP contribution in [0.5, 0.6) is 0 Å². The van der Waals surface area contributed by atoms with Gasteiger partial charge >= 0.3 is 0 Å². The lowest BCUT2D eigenvalue weighted by Crippen LogP contribution is -2.34. The number of hydrogen-bond acceptors (Lipinski definition) is 0. The van der Waals surface area contributed by atoms with Crippen LogP contribution in [0.4, 0.5) is 0 Å². The zero-order chi connectivity index (χ0) is 24.2. The molecule has 0 bridgehead atoms. The van der Waals surface area contributed by atoms with Crippen molar-refractivity contribution in [1.82, 2.24) is 0 Å². The number of hydrogen-bond donors (Lipinski definition) is 0. The summed E-state index contributed by atoms with van der Waals surface area (Å²) in [4.78, 5) is 0. The van der Waals surface area contributed by atoms with Gasteiger partial charge in [-0.15, -0.1) is 0 Å². The Morgan fingerprint density at radius 1 is 0.361 bits per heavy atom. The topological polar surface area (TPSA) is 0 Å². The van der Waals surface area contributed by atoms with Crippen LogP contribution in [-0.4, -0.2) is 11.3 Å². The van der Waals surface area contributed by atoms with Crippen molar-refractivity contribution in [3.05, 3.63) is 121 Å². The molecule has 2 saturated carbocycles. The van der Waals surface area contributed by atoms with E-state index in [0.29, 0.717) is 0 Å². The van der Waals surface area contributed by atoms with Crippen molar-refractivity contribution in [3.8, 4) is 0 Å². The third kappa shape index (κ3) is 4.96. The molecule has 0 radical (unpaired) electrons. The zero-order valence-electron chi connectivity index (χ0n) is 21.0. The predicted molar refractivity (Wildman–Crippen MR) is 160 cm³/mol. The van der Waals surface area contributed by atoms with Gasteiger partial charge in [0.15, 0.2) is 0 Å². The maximum absolute atomic E-state index is 2.40. The second kappa shape index (κ2) is 11.4. The lowest BCUT2D eigenvalue weighted by molar-refractivity contribution is 0.358. The highest BCUT2D eigenvalue weighted by molar-refractivity contribution is 7.74. The summed E-state index contributed by atoms with van der Waals surface area (Å²) >= 11 is 0. The van der Waals surface area contributed by atoms with E-state index in [9.17, 15) is 0 Å². The largest absolute Gasteiger partial charge is 0.0622 e. The monoisotopic (exact) mass is 506 g/mol. The molecule has 6 rings (SSSR count). The Morgan fingerprint density at radius 3 is 0.917 bits per heavy atom. The molecule has 0 aromatic heterocycles. The third-order valence-corrected chi connectivity index (χ3v) is 14.4. The highest BCUT2D eigenvalue weighted by Gasteiger charge is 2.46. The summed E-state index contributed by atoms with van der Waals surface area (Å²) in [7, 11) is -0.694. The van der Waals surface area contributed by atoms with E-state index in [1.54, 1.807) is 21.2 Å². The SMILES string of the molecule is c1ccc(P(c2ccccc2)[C@@H]2CCC[C@@H]2[C@H]2CCC[C@H]2P(c2ccccc2)c2ccccc2)cc1. The number of rotatable bonds is 7. The molecule has 4 aromatic carbocycles. The zero-order valence-corrected chi connectivity index (χ0v) is 22.8. The van der Waals surface area contributed by atoms with E-state index >= 15 is 0 Å². The van der Waals surface area contributed by atoms with Gasteiger partial charge in [0.25, 0.3) is 0 Å². The Morgan fingerprint density at radius 2 is 0.639 bits per heavy atom. The minimum atomic E-state index is -0.347. The van der Waals surface area contributed by atoms with Gasteiger partial charge in [-0.25, -0.2) is 0 Å². The van der Waals surface area contributed by atoms with E-state index < -0.39 is 0 Å². The molecule has 4 atom stereocenters. The van der Waals surface area contributed by atoms with E-state index in [0.717, 1.165) is 23.2 Å². The first-order valence-corrected chi connectivity index (χ1v) is 16.5. The van der Waals surface area contributed by atoms with E-state index in [4.69, 9.17) is 0 Å². The maximum atomic E-state index is 2.40. The lowest BCUT2D eigenvalue weighted by Gasteiger charge is -2.38. The van der Waals surface area contributed by atoms with Gasteiger partial charge in [-0.05, 0) is 85.9 Å². The average molecular weight is 507 g/mol. The van der Waals surface area contributed by atoms with Crippen LogP contribution >= 0.6 is 15.8 Å². The Hall–Kier alpha value is -2.26. The summed E-state index contributed by atoms with van der Waals surface area (Å²) in [5.74, 6) is 1.67. The van der Waals surface area contributed by atoms with Gasteiger partial charge in [0, 0.05) is 0 Å². The molecule has 0 N–H and O–H groups in total. The summed E-state index contributed by atoms with van der Waals surface area (Å²) < 4.78 is 0. The fourth-order valence-corrected chi connectivity index (χ4v) is 13.5. The Balaban J connectivity index is 1.38. The highest BCUT2D eigenvalue weighted by atomic mass is 31.1. The quantitative estimate of drug-likeness (QED) is 0.227. The van der Waals surface area contributed by atoms with Crippen molar-refractivity contribution in [2.75, 3.05) is 0 Å². The standard InChI is InChI=1S/C34H36P2/c1-5-15-27(16-6-1)35(28-17-7-2-8-18-28)33-25-13-23-31(33)32-24-14-26-34(32)36(29-19-9-3-10-20-29)30-21-11-4-12-22-30/h1-12,15-22,31-34H,13-14,23-26H2/t31-,32-,33-,34-/m1/s1. The van der Waals surface area contributed by atoms with Gasteiger partial charge in [0.2, 0.25) is 0 Å². The summed E-state index contributed by atoms with van der Waals surface area (Å²) in [6.45, 7) is 0. The second-order valence-corrected chi connectivity index (χ2v) is 15.3. The molecule has 0 amide bonds. The van der Waals surface area contributed by atoms with Crippen LogP contribution in [0.15, 0.2) is 121 Å². The molecular formula is C34H36P2. The smallest absolute Gasteiger partial charge is 0.00976 e. The molecule has 0 saturated heterocycles. The van der Waals surface area contributed by atoms with Crippen molar-refractivity contribution >= 4 is 37.1 Å². The van der Waals surface area contributed by atoms with Crippen molar-refractivity contribution in [2.45, 2.75) is 49.8 Å². The van der Waals surface area contributed by atoms with Gasteiger partial charge in [0.05, 0.1) is 0 Å². The molecule has 0 nitrogen and oxygen atoms in total. The Bertz CT molecular complexity index is 1030. The fourth-order valence-electron chi connectivity index (χ4n) is 7.00. The first-order chi connectivity index (χ1) is 17.9. The second-order valence-electron chi connectivity index (χ2n) is 10.4. The normalized spacial score (nSPS) is 23.9. The molecule has 2 heteroatoms. The first-order valence-electron chi connectivity index (χ1n) is 13.7. The van der Waals surface area contributed by atoms with E-state index in [-0.39, 0.29) is 15.8 Å². The average Bonchev–Trinajstić information content (AvgIpc) is 3.62. The van der Waals surface area contributed by atoms with Gasteiger partial charge in [-0.1, -0.05) is 134 Å². The third-order valence-electron chi connectivity index (χ3n) is 8.41. The molecule has 182 valence electrons. The molecular weight excluding hydrogens is 470 g/mol. The van der Waals surface area contributed by atoms with Crippen LogP contribution in [-0.2, 0) is 0 Å². The van der Waals surface area contributed by atoms with Crippen LogP contribution < -0.4 is 21.2 Å². The highest BCUT2D eigenvalue weighted by Crippen LogP contribution is 2.59. The van der Waals surface area contributed by atoms with Gasteiger partial charge < -0.3 is 0 Å². The molecule has 2 fully saturated rings. The lowest BCUT2D eigenvalue weighted by atomic mass is 9.89. The van der Waals surface area contributed by atoms with E-state index in [1.165, 1.54) is 38.5 Å². The predicted octanol–water partition coefficient (Wildman–Crippen LogP) is 7.59. The van der Waals surface area contributed by atoms with Gasteiger partial charge in [-0.2, -0.15) is 0 Å². The molecule has 2 aliphatic rings. The molecule has 2 aliphatic carbocycles. The first kappa shape index (κ1) is 24.1. The van der Waals surface area contributed by atoms with Crippen LogP contribution in [0.25, 0.3) is 0 Å². The Kier molecular flexibility index (Phi) is 7.65. The summed E-state index contributed by atoms with van der Waals surface area (Å²) in [6, 6.07) is 45.9. The maximum Gasteiger partial charge on any atom is -0.00976 e. The van der Waals surface area contributed by atoms with Gasteiger partial charge in [0.1, 0.15) is 0 Å². The summed E-state index contributed by atoms with van der Waals surface area (Å²) in [5, 5.41) is 6.27. The molecule has 36 heavy (non-hydrogen) atoms. The van der Waals surface area contributed by atoms with Crippen molar-refractivity contribution in [1.29, 1.82) is 0 Å². The van der Waals surface area contributed by atoms with E-state index in [2.05, 4.69) is 121 Å². The van der Waals surface area contributed by atoms with Crippen molar-refractivity contribution in [3.63, 3.8) is 0 Å². The molecule has 0 heterocycles. The molecule has 0 unspecified atom stereocenters.